The van der Waals surface area contributed by atoms with Crippen LogP contribution in [0, 0.1) is 0 Å². The lowest BCUT2D eigenvalue weighted by atomic mass is 10.1. The van der Waals surface area contributed by atoms with E-state index in [9.17, 15) is 14.4 Å². The number of rotatable bonds is 6. The molecule has 0 fully saturated rings. The van der Waals surface area contributed by atoms with Crippen molar-refractivity contribution in [2.24, 2.45) is 0 Å². The Morgan fingerprint density at radius 2 is 1.74 bits per heavy atom. The average Bonchev–Trinajstić information content (AvgIpc) is 2.57. The third kappa shape index (κ3) is 6.65. The highest BCUT2D eigenvalue weighted by atomic mass is 35.5. The molecule has 0 atom stereocenters. The highest BCUT2D eigenvalue weighted by Crippen LogP contribution is 2.24. The smallest absolute Gasteiger partial charge is 0.433 e. The maximum absolute atomic E-state index is 13.0. The van der Waals surface area contributed by atoms with Crippen LogP contribution in [-0.2, 0) is 9.47 Å². The molecule has 0 radical (unpaired) electrons. The van der Waals surface area contributed by atoms with Crippen LogP contribution in [-0.4, -0.2) is 55.2 Å². The maximum atomic E-state index is 13.0. The molecule has 0 aliphatic heterocycles. The number of carbonyl (C=O) groups is 3. The fraction of sp³-hybridized carbons (Fsp3) is 0.353. The van der Waals surface area contributed by atoms with Gasteiger partial charge < -0.3 is 14.4 Å². The summed E-state index contributed by atoms with van der Waals surface area (Å²) in [5.74, 6) is -0.629. The molecule has 0 heterocycles. The van der Waals surface area contributed by atoms with Crippen LogP contribution in [0.3, 0.4) is 0 Å². The Morgan fingerprint density at radius 3 is 2.26 bits per heavy atom. The molecule has 8 nitrogen and oxygen atoms in total. The third-order valence-corrected chi connectivity index (χ3v) is 3.51. The lowest BCUT2D eigenvalue weighted by Crippen LogP contribution is -2.48. The Bertz CT molecular complexity index is 737. The van der Waals surface area contributed by atoms with E-state index in [1.807, 2.05) is 0 Å². The fourth-order valence-electron chi connectivity index (χ4n) is 1.92. The molecule has 0 saturated carbocycles. The SMILES string of the molecule is CCOC(=O)NN(C(=O)OCC)/C(=C/N(C)C)C(=O)c1ccc(Cl)cc1Cl. The van der Waals surface area contributed by atoms with Crippen LogP contribution in [0.4, 0.5) is 9.59 Å². The summed E-state index contributed by atoms with van der Waals surface area (Å²) in [7, 11) is 3.29. The molecular formula is C17H21Cl2N3O5. The van der Waals surface area contributed by atoms with Gasteiger partial charge in [0, 0.05) is 30.9 Å². The number of carbonyl (C=O) groups excluding carboxylic acids is 3. The van der Waals surface area contributed by atoms with Crippen molar-refractivity contribution in [2.45, 2.75) is 13.8 Å². The molecule has 1 rings (SSSR count). The largest absolute Gasteiger partial charge is 0.449 e. The minimum absolute atomic E-state index is 0.0327. The number of hydrogen-bond acceptors (Lipinski definition) is 6. The van der Waals surface area contributed by atoms with Crippen LogP contribution < -0.4 is 5.43 Å². The number of allylic oxidation sites excluding steroid dienone is 1. The van der Waals surface area contributed by atoms with Crippen LogP contribution >= 0.6 is 23.2 Å². The van der Waals surface area contributed by atoms with Gasteiger partial charge in [-0.05, 0) is 32.0 Å². The summed E-state index contributed by atoms with van der Waals surface area (Å²) in [6.07, 6.45) is -0.543. The molecule has 148 valence electrons. The number of hydrogen-bond donors (Lipinski definition) is 1. The van der Waals surface area contributed by atoms with Gasteiger partial charge in [0.05, 0.1) is 18.2 Å². The first-order chi connectivity index (χ1) is 12.7. The molecule has 0 spiro atoms. The Kier molecular flexibility index (Phi) is 8.90. The number of Topliss-reactive ketones (excluding diaryl/α,β-unsaturated/α-hetero) is 1. The van der Waals surface area contributed by atoms with Gasteiger partial charge in [-0.15, -0.1) is 0 Å². The molecule has 0 aromatic heterocycles. The monoisotopic (exact) mass is 417 g/mol. The molecular weight excluding hydrogens is 397 g/mol. The Labute approximate surface area is 167 Å². The van der Waals surface area contributed by atoms with E-state index >= 15 is 0 Å². The van der Waals surface area contributed by atoms with E-state index in [0.29, 0.717) is 10.0 Å². The van der Waals surface area contributed by atoms with Crippen molar-refractivity contribution in [1.82, 2.24) is 15.3 Å². The van der Waals surface area contributed by atoms with E-state index in [4.69, 9.17) is 32.7 Å². The standard InChI is InChI=1S/C17H21Cl2N3O5/c1-5-26-16(24)20-22(17(25)27-6-2)14(10-21(3)4)15(23)12-8-7-11(18)9-13(12)19/h7-10H,5-6H2,1-4H3,(H,20,24)/b14-10+. The molecule has 0 unspecified atom stereocenters. The molecule has 10 heteroatoms. The van der Waals surface area contributed by atoms with Crippen molar-refractivity contribution >= 4 is 41.2 Å². The summed E-state index contributed by atoms with van der Waals surface area (Å²) in [5.41, 5.74) is 2.10. The minimum atomic E-state index is -0.961. The molecule has 0 bridgehead atoms. The predicted octanol–water partition coefficient (Wildman–Crippen LogP) is 3.70. The van der Waals surface area contributed by atoms with Gasteiger partial charge >= 0.3 is 12.2 Å². The summed E-state index contributed by atoms with van der Waals surface area (Å²) < 4.78 is 9.72. The fourth-order valence-corrected chi connectivity index (χ4v) is 2.42. The highest BCUT2D eigenvalue weighted by Gasteiger charge is 2.29. The Balaban J connectivity index is 3.38. The van der Waals surface area contributed by atoms with Gasteiger partial charge in [-0.25, -0.2) is 15.0 Å². The number of hydrazine groups is 1. The topological polar surface area (TPSA) is 88.2 Å². The number of halogens is 2. The van der Waals surface area contributed by atoms with Crippen LogP contribution in [0.1, 0.15) is 24.2 Å². The van der Waals surface area contributed by atoms with Crippen LogP contribution in [0.15, 0.2) is 30.1 Å². The number of benzene rings is 1. The molecule has 1 aromatic carbocycles. The summed E-state index contributed by atoms with van der Waals surface area (Å²) >= 11 is 12.0. The van der Waals surface area contributed by atoms with Crippen LogP contribution in [0.5, 0.6) is 0 Å². The van der Waals surface area contributed by atoms with Gasteiger partial charge in [-0.1, -0.05) is 23.2 Å². The Morgan fingerprint density at radius 1 is 1.11 bits per heavy atom. The number of nitrogens with one attached hydrogen (secondary N) is 1. The van der Waals surface area contributed by atoms with Crippen molar-refractivity contribution in [1.29, 1.82) is 0 Å². The quantitative estimate of drug-likeness (QED) is 0.431. The number of ether oxygens (including phenoxy) is 2. The zero-order chi connectivity index (χ0) is 20.6. The molecule has 1 aromatic rings. The van der Waals surface area contributed by atoms with Gasteiger partial charge in [-0.3, -0.25) is 4.79 Å². The summed E-state index contributed by atoms with van der Waals surface area (Å²) in [4.78, 5) is 38.8. The molecule has 2 amide bonds. The van der Waals surface area contributed by atoms with Crippen molar-refractivity contribution in [2.75, 3.05) is 27.3 Å². The normalized spacial score (nSPS) is 10.8. The van der Waals surface area contributed by atoms with E-state index in [-0.39, 0.29) is 29.5 Å². The second-order valence-corrected chi connectivity index (χ2v) is 6.14. The molecule has 1 N–H and O–H groups in total. The van der Waals surface area contributed by atoms with E-state index in [1.54, 1.807) is 27.9 Å². The molecule has 0 aliphatic rings. The summed E-state index contributed by atoms with van der Waals surface area (Å²) in [6, 6.07) is 4.31. The number of nitrogens with zero attached hydrogens (tertiary/aromatic N) is 2. The molecule has 0 aliphatic carbocycles. The average molecular weight is 418 g/mol. The minimum Gasteiger partial charge on any atom is -0.449 e. The first-order valence-corrected chi connectivity index (χ1v) is 8.75. The third-order valence-electron chi connectivity index (χ3n) is 2.96. The van der Waals surface area contributed by atoms with E-state index in [1.165, 1.54) is 29.3 Å². The van der Waals surface area contributed by atoms with Crippen molar-refractivity contribution in [3.63, 3.8) is 0 Å². The van der Waals surface area contributed by atoms with Gasteiger partial charge in [-0.2, -0.15) is 5.01 Å². The van der Waals surface area contributed by atoms with E-state index in [0.717, 1.165) is 0 Å². The van der Waals surface area contributed by atoms with Crippen molar-refractivity contribution in [3.8, 4) is 0 Å². The molecule has 27 heavy (non-hydrogen) atoms. The lowest BCUT2D eigenvalue weighted by molar-refractivity contribution is 0.0781. The van der Waals surface area contributed by atoms with Crippen molar-refractivity contribution in [3.05, 3.63) is 45.7 Å². The van der Waals surface area contributed by atoms with Gasteiger partial charge in [0.1, 0.15) is 5.70 Å². The predicted molar refractivity (Wildman–Crippen MR) is 102 cm³/mol. The van der Waals surface area contributed by atoms with E-state index in [2.05, 4.69) is 5.43 Å². The molecule has 0 saturated heterocycles. The highest BCUT2D eigenvalue weighted by molar-refractivity contribution is 6.37. The second kappa shape index (κ2) is 10.6. The maximum Gasteiger partial charge on any atom is 0.433 e. The first-order valence-electron chi connectivity index (χ1n) is 7.99. The number of ketones is 1. The first kappa shape index (κ1) is 22.6. The second-order valence-electron chi connectivity index (χ2n) is 5.30. The zero-order valence-electron chi connectivity index (χ0n) is 15.4. The summed E-state index contributed by atoms with van der Waals surface area (Å²) in [5, 5.41) is 1.12. The van der Waals surface area contributed by atoms with Gasteiger partial charge in [0.25, 0.3) is 0 Å². The van der Waals surface area contributed by atoms with Crippen LogP contribution in [0.2, 0.25) is 10.0 Å². The van der Waals surface area contributed by atoms with Crippen LogP contribution in [0.25, 0.3) is 0 Å². The number of amides is 2. The Hall–Kier alpha value is -2.45. The van der Waals surface area contributed by atoms with Crippen molar-refractivity contribution < 1.29 is 23.9 Å². The summed E-state index contributed by atoms with van der Waals surface area (Å²) in [6.45, 7) is 3.30. The zero-order valence-corrected chi connectivity index (χ0v) is 16.9. The van der Waals surface area contributed by atoms with Gasteiger partial charge in [0.15, 0.2) is 0 Å². The lowest BCUT2D eigenvalue weighted by Gasteiger charge is -2.25. The van der Waals surface area contributed by atoms with E-state index < -0.39 is 18.0 Å². The van der Waals surface area contributed by atoms with Gasteiger partial charge in [0.2, 0.25) is 5.78 Å².